The molecule has 1 saturated heterocycles. The first-order valence-corrected chi connectivity index (χ1v) is 4.96. The van der Waals surface area contributed by atoms with Crippen LogP contribution in [0.2, 0.25) is 0 Å². The molecule has 9 heteroatoms. The summed E-state index contributed by atoms with van der Waals surface area (Å²) in [5.41, 5.74) is 0. The average molecular weight is 273 g/mol. The molecule has 1 atom stereocenters. The van der Waals surface area contributed by atoms with Gasteiger partial charge in [0.2, 0.25) is 0 Å². The molecule has 1 rings (SSSR count). The van der Waals surface area contributed by atoms with Crippen molar-refractivity contribution in [3.8, 4) is 0 Å². The summed E-state index contributed by atoms with van der Waals surface area (Å²) >= 11 is 0. The van der Waals surface area contributed by atoms with Crippen LogP contribution in [0.15, 0.2) is 0 Å². The molecule has 0 aromatic rings. The van der Waals surface area contributed by atoms with E-state index in [9.17, 15) is 18.0 Å². The van der Waals surface area contributed by atoms with E-state index < -0.39 is 12.1 Å². The van der Waals surface area contributed by atoms with Gasteiger partial charge in [0.15, 0.2) is 0 Å². The summed E-state index contributed by atoms with van der Waals surface area (Å²) in [5, 5.41) is 10.3. The SMILES string of the molecule is COC(=O)CO[C@@H]1CCNC1.O=C(O)C(F)(F)F. The van der Waals surface area contributed by atoms with Crippen LogP contribution in [0.25, 0.3) is 0 Å². The summed E-state index contributed by atoms with van der Waals surface area (Å²) in [6.45, 7) is 1.89. The topological polar surface area (TPSA) is 84.9 Å². The molecule has 0 aromatic heterocycles. The predicted molar refractivity (Wildman–Crippen MR) is 52.9 cm³/mol. The predicted octanol–water partition coefficient (Wildman–Crippen LogP) is 0.171. The monoisotopic (exact) mass is 273 g/mol. The van der Waals surface area contributed by atoms with Gasteiger partial charge in [-0.05, 0) is 13.0 Å². The third-order valence-electron chi connectivity index (χ3n) is 1.92. The molecule has 0 saturated carbocycles. The number of methoxy groups -OCH3 is 1. The minimum atomic E-state index is -5.08. The van der Waals surface area contributed by atoms with Gasteiger partial charge in [-0.25, -0.2) is 9.59 Å². The van der Waals surface area contributed by atoms with Crippen molar-refractivity contribution in [2.75, 3.05) is 26.8 Å². The number of carbonyl (C=O) groups excluding carboxylic acids is 1. The molecule has 0 radical (unpaired) electrons. The first-order chi connectivity index (χ1) is 8.27. The van der Waals surface area contributed by atoms with Crippen molar-refractivity contribution in [1.82, 2.24) is 5.32 Å². The molecule has 0 aromatic carbocycles. The van der Waals surface area contributed by atoms with E-state index in [1.54, 1.807) is 0 Å². The highest BCUT2D eigenvalue weighted by molar-refractivity contribution is 5.73. The molecule has 2 N–H and O–H groups in total. The van der Waals surface area contributed by atoms with Gasteiger partial charge in [0.1, 0.15) is 6.61 Å². The quantitative estimate of drug-likeness (QED) is 0.713. The van der Waals surface area contributed by atoms with Gasteiger partial charge in [0.25, 0.3) is 0 Å². The van der Waals surface area contributed by atoms with Crippen LogP contribution >= 0.6 is 0 Å². The molecule has 0 amide bonds. The summed E-state index contributed by atoms with van der Waals surface area (Å²) in [6, 6.07) is 0. The Morgan fingerprint density at radius 3 is 2.33 bits per heavy atom. The summed E-state index contributed by atoms with van der Waals surface area (Å²) in [4.78, 5) is 19.5. The lowest BCUT2D eigenvalue weighted by molar-refractivity contribution is -0.192. The van der Waals surface area contributed by atoms with E-state index in [1.165, 1.54) is 7.11 Å². The Labute approximate surface area is 101 Å². The van der Waals surface area contributed by atoms with E-state index >= 15 is 0 Å². The Balaban J connectivity index is 0.000000360. The van der Waals surface area contributed by atoms with Crippen molar-refractivity contribution in [2.24, 2.45) is 0 Å². The third kappa shape index (κ3) is 7.85. The number of nitrogens with one attached hydrogen (secondary N) is 1. The lowest BCUT2D eigenvalue weighted by atomic mass is 10.3. The zero-order chi connectivity index (χ0) is 14.2. The first kappa shape index (κ1) is 16.6. The van der Waals surface area contributed by atoms with Crippen LogP contribution < -0.4 is 5.32 Å². The molecule has 1 heterocycles. The lowest BCUT2D eigenvalue weighted by Gasteiger charge is -2.07. The number of esters is 1. The van der Waals surface area contributed by atoms with Crippen LogP contribution in [0, 0.1) is 0 Å². The van der Waals surface area contributed by atoms with E-state index in [1.807, 2.05) is 0 Å². The molecule has 1 aliphatic heterocycles. The maximum atomic E-state index is 10.6. The van der Waals surface area contributed by atoms with E-state index in [4.69, 9.17) is 14.6 Å². The largest absolute Gasteiger partial charge is 0.490 e. The van der Waals surface area contributed by atoms with Gasteiger partial charge in [-0.15, -0.1) is 0 Å². The van der Waals surface area contributed by atoms with E-state index in [2.05, 4.69) is 10.1 Å². The second-order valence-corrected chi connectivity index (χ2v) is 3.30. The first-order valence-electron chi connectivity index (χ1n) is 4.96. The number of aliphatic carboxylic acids is 1. The Bertz CT molecular complexity index is 276. The second kappa shape index (κ2) is 7.88. The standard InChI is InChI=1S/C7H13NO3.C2HF3O2/c1-10-7(9)5-11-6-2-3-8-4-6;3-2(4,5)1(6)7/h6,8H,2-5H2,1H3;(H,6,7)/t6-;/m1./s1. The van der Waals surface area contributed by atoms with Crippen molar-refractivity contribution in [3.05, 3.63) is 0 Å². The highest BCUT2D eigenvalue weighted by atomic mass is 19.4. The average Bonchev–Trinajstić information content (AvgIpc) is 2.78. The molecule has 1 aliphatic rings. The van der Waals surface area contributed by atoms with Gasteiger partial charge in [-0.1, -0.05) is 0 Å². The molecule has 18 heavy (non-hydrogen) atoms. The second-order valence-electron chi connectivity index (χ2n) is 3.30. The third-order valence-corrected chi connectivity index (χ3v) is 1.92. The number of hydrogen-bond donors (Lipinski definition) is 2. The van der Waals surface area contributed by atoms with Crippen molar-refractivity contribution in [1.29, 1.82) is 0 Å². The van der Waals surface area contributed by atoms with Crippen LogP contribution in [-0.4, -0.2) is 56.1 Å². The zero-order valence-corrected chi connectivity index (χ0v) is 9.62. The molecule has 0 unspecified atom stereocenters. The van der Waals surface area contributed by atoms with E-state index in [0.717, 1.165) is 19.5 Å². The number of halogens is 3. The van der Waals surface area contributed by atoms with Crippen LogP contribution in [0.4, 0.5) is 13.2 Å². The maximum Gasteiger partial charge on any atom is 0.490 e. The fourth-order valence-electron chi connectivity index (χ4n) is 1.02. The van der Waals surface area contributed by atoms with Gasteiger partial charge < -0.3 is 19.9 Å². The number of carboxylic acid groups (broad SMARTS) is 1. The van der Waals surface area contributed by atoms with Crippen LogP contribution in [0.1, 0.15) is 6.42 Å². The number of hydrogen-bond acceptors (Lipinski definition) is 5. The lowest BCUT2D eigenvalue weighted by Crippen LogP contribution is -2.21. The molecular formula is C9H14F3NO5. The number of rotatable bonds is 3. The van der Waals surface area contributed by atoms with Crippen LogP contribution in [0.5, 0.6) is 0 Å². The molecule has 6 nitrogen and oxygen atoms in total. The summed E-state index contributed by atoms with van der Waals surface area (Å²) in [6.07, 6.45) is -3.91. The van der Waals surface area contributed by atoms with Crippen molar-refractivity contribution in [3.63, 3.8) is 0 Å². The smallest absolute Gasteiger partial charge is 0.475 e. The van der Waals surface area contributed by atoms with E-state index in [0.29, 0.717) is 0 Å². The van der Waals surface area contributed by atoms with Crippen molar-refractivity contribution < 1.29 is 37.3 Å². The molecule has 0 aliphatic carbocycles. The van der Waals surface area contributed by atoms with Crippen molar-refractivity contribution in [2.45, 2.75) is 18.7 Å². The van der Waals surface area contributed by atoms with Gasteiger partial charge in [0, 0.05) is 6.54 Å². The highest BCUT2D eigenvalue weighted by Gasteiger charge is 2.38. The Hall–Kier alpha value is -1.35. The van der Waals surface area contributed by atoms with Gasteiger partial charge in [0.05, 0.1) is 13.2 Å². The molecule has 106 valence electrons. The minimum Gasteiger partial charge on any atom is -0.475 e. The number of alkyl halides is 3. The number of carbonyl (C=O) groups is 2. The zero-order valence-electron chi connectivity index (χ0n) is 9.62. The molecular weight excluding hydrogens is 259 g/mol. The van der Waals surface area contributed by atoms with Gasteiger partial charge in [-0.2, -0.15) is 13.2 Å². The highest BCUT2D eigenvalue weighted by Crippen LogP contribution is 2.13. The van der Waals surface area contributed by atoms with Gasteiger partial charge >= 0.3 is 18.1 Å². The van der Waals surface area contributed by atoms with Crippen LogP contribution in [0.3, 0.4) is 0 Å². The number of ether oxygens (including phenoxy) is 2. The summed E-state index contributed by atoms with van der Waals surface area (Å²) < 4.78 is 41.4. The van der Waals surface area contributed by atoms with Crippen molar-refractivity contribution >= 4 is 11.9 Å². The summed E-state index contributed by atoms with van der Waals surface area (Å²) in [5.74, 6) is -3.07. The fourth-order valence-corrected chi connectivity index (χ4v) is 1.02. The maximum absolute atomic E-state index is 10.6. The Morgan fingerprint density at radius 1 is 1.44 bits per heavy atom. The number of carboxylic acids is 1. The van der Waals surface area contributed by atoms with Crippen LogP contribution in [-0.2, 0) is 19.1 Å². The summed E-state index contributed by atoms with van der Waals surface area (Å²) in [7, 11) is 1.36. The van der Waals surface area contributed by atoms with E-state index in [-0.39, 0.29) is 18.7 Å². The molecule has 1 fully saturated rings. The normalized spacial score (nSPS) is 18.8. The Morgan fingerprint density at radius 2 is 2.00 bits per heavy atom. The Kier molecular flexibility index (Phi) is 7.29. The fraction of sp³-hybridized carbons (Fsp3) is 0.778. The van der Waals surface area contributed by atoms with Gasteiger partial charge in [-0.3, -0.25) is 0 Å². The molecule has 0 spiro atoms. The minimum absolute atomic E-state index is 0.0723. The molecule has 0 bridgehead atoms.